The molecule has 0 spiro atoms. The predicted molar refractivity (Wildman–Crippen MR) is 176 cm³/mol. The molecule has 238 valence electrons. The molecular weight excluding hydrogens is 580 g/mol. The van der Waals surface area contributed by atoms with Gasteiger partial charge in [-0.2, -0.15) is 0 Å². The lowest BCUT2D eigenvalue weighted by molar-refractivity contribution is -0.144. The van der Waals surface area contributed by atoms with Crippen LogP contribution in [0.15, 0.2) is 12.1 Å². The zero-order valence-electron chi connectivity index (χ0n) is 27.2. The number of unbranched alkanes of at least 4 members (excludes halogenated alkanes) is 3. The number of esters is 1. The third kappa shape index (κ3) is 16.1. The molecule has 0 saturated carbocycles. The third-order valence-electron chi connectivity index (χ3n) is 8.04. The van der Waals surface area contributed by atoms with Crippen LogP contribution >= 0.6 is 15.9 Å². The first-order chi connectivity index (χ1) is 20.0. The first-order valence-corrected chi connectivity index (χ1v) is 17.8. The Morgan fingerprint density at radius 3 is 1.51 bits per heavy atom. The van der Waals surface area contributed by atoms with E-state index >= 15 is 0 Å². The molecule has 0 bridgehead atoms. The lowest BCUT2D eigenvalue weighted by atomic mass is 10.00. The van der Waals surface area contributed by atoms with Crippen molar-refractivity contribution in [1.29, 1.82) is 0 Å². The Morgan fingerprint density at radius 2 is 1.12 bits per heavy atom. The smallest absolute Gasteiger partial charge is 0.306 e. The topological polar surface area (TPSA) is 54.0 Å². The largest absolute Gasteiger partial charge is 0.489 e. The predicted octanol–water partition coefficient (Wildman–Crippen LogP) is 10.7. The molecule has 1 aromatic rings. The fraction of sp³-hybridized carbons (Fsp3) is 0.800. The van der Waals surface area contributed by atoms with Gasteiger partial charge in [0.25, 0.3) is 0 Å². The number of hydrogen-bond acceptors (Lipinski definition) is 5. The number of carbonyl (C=O) groups is 1. The van der Waals surface area contributed by atoms with Crippen LogP contribution < -0.4 is 14.2 Å². The normalized spacial score (nSPS) is 13.4. The van der Waals surface area contributed by atoms with Gasteiger partial charge in [0.1, 0.15) is 6.61 Å². The molecule has 1 rings (SSSR count). The summed E-state index contributed by atoms with van der Waals surface area (Å²) in [6.07, 6.45) is 15.0. The molecular formula is C35H61BrO5. The van der Waals surface area contributed by atoms with Crippen LogP contribution in [0.3, 0.4) is 0 Å². The van der Waals surface area contributed by atoms with Crippen molar-refractivity contribution in [2.24, 2.45) is 17.8 Å². The molecule has 0 amide bonds. The van der Waals surface area contributed by atoms with Crippen molar-refractivity contribution < 1.29 is 23.7 Å². The lowest BCUT2D eigenvalue weighted by Gasteiger charge is -2.24. The van der Waals surface area contributed by atoms with Gasteiger partial charge in [0.05, 0.1) is 19.8 Å². The summed E-state index contributed by atoms with van der Waals surface area (Å²) in [6, 6.07) is 3.99. The molecule has 3 atom stereocenters. The lowest BCUT2D eigenvalue weighted by Crippen LogP contribution is -2.17. The van der Waals surface area contributed by atoms with Crippen molar-refractivity contribution in [3.63, 3.8) is 0 Å². The van der Waals surface area contributed by atoms with E-state index < -0.39 is 0 Å². The van der Waals surface area contributed by atoms with E-state index in [-0.39, 0.29) is 12.6 Å². The first kappa shape index (κ1) is 37.6. The van der Waals surface area contributed by atoms with Gasteiger partial charge in [0.15, 0.2) is 11.5 Å². The van der Waals surface area contributed by atoms with Crippen molar-refractivity contribution >= 4 is 21.9 Å². The van der Waals surface area contributed by atoms with Gasteiger partial charge < -0.3 is 18.9 Å². The zero-order valence-corrected chi connectivity index (χ0v) is 28.8. The van der Waals surface area contributed by atoms with Crippen LogP contribution in [0.25, 0.3) is 0 Å². The van der Waals surface area contributed by atoms with Crippen LogP contribution in [0.2, 0.25) is 0 Å². The molecule has 0 heterocycles. The molecule has 1 aromatic carbocycles. The van der Waals surface area contributed by atoms with E-state index in [1.54, 1.807) is 0 Å². The van der Waals surface area contributed by atoms with E-state index in [0.717, 1.165) is 55.8 Å². The number of carbonyl (C=O) groups excluding carboxylic acids is 1. The minimum atomic E-state index is -0.187. The van der Waals surface area contributed by atoms with Crippen LogP contribution in [0.4, 0.5) is 0 Å². The molecule has 0 aliphatic heterocycles. The summed E-state index contributed by atoms with van der Waals surface area (Å²) in [5, 5.41) is 0.786. The van der Waals surface area contributed by atoms with Crippen LogP contribution in [0.5, 0.6) is 17.2 Å². The number of ether oxygens (including phenoxy) is 4. The number of rotatable bonds is 26. The van der Waals surface area contributed by atoms with Gasteiger partial charge >= 0.3 is 5.97 Å². The van der Waals surface area contributed by atoms with Gasteiger partial charge in [-0.05, 0) is 61.1 Å². The van der Waals surface area contributed by atoms with Crippen LogP contribution in [-0.2, 0) is 16.1 Å². The Bertz CT molecular complexity index is 758. The highest BCUT2D eigenvalue weighted by Gasteiger charge is 2.21. The summed E-state index contributed by atoms with van der Waals surface area (Å²) < 4.78 is 25.3. The fourth-order valence-electron chi connectivity index (χ4n) is 4.83. The summed E-state index contributed by atoms with van der Waals surface area (Å²) >= 11 is 3.39. The summed E-state index contributed by atoms with van der Waals surface area (Å²) in [5.74, 6) is 3.39. The number of halogens is 1. The standard InChI is InChI=1S/C35H61BrO5/c1-7-13-17-28(10-4)24-38-32-22-31(27-40-34(37)20-16-21-36)23-33(39-25-29(11-5)18-14-8-2)35(32)41-26-30(12-6)19-15-9-3/h22-23,28-30H,7-21,24-27H2,1-6H3. The van der Waals surface area contributed by atoms with Crippen molar-refractivity contribution in [3.05, 3.63) is 17.7 Å². The van der Waals surface area contributed by atoms with Gasteiger partial charge in [0, 0.05) is 11.8 Å². The molecule has 0 N–H and O–H groups in total. The van der Waals surface area contributed by atoms with E-state index in [0.29, 0.717) is 61.2 Å². The Labute approximate surface area is 260 Å². The molecule has 5 nitrogen and oxygen atoms in total. The Hall–Kier alpha value is -1.43. The molecule has 0 radical (unpaired) electrons. The number of alkyl halides is 1. The summed E-state index contributed by atoms with van der Waals surface area (Å²) in [7, 11) is 0. The van der Waals surface area contributed by atoms with E-state index in [1.165, 1.54) is 38.5 Å². The van der Waals surface area contributed by atoms with Crippen molar-refractivity contribution in [2.75, 3.05) is 25.2 Å². The first-order valence-electron chi connectivity index (χ1n) is 16.7. The summed E-state index contributed by atoms with van der Waals surface area (Å²) in [6.45, 7) is 15.5. The van der Waals surface area contributed by atoms with Crippen molar-refractivity contribution in [3.8, 4) is 17.2 Å². The minimum Gasteiger partial charge on any atom is -0.489 e. The molecule has 0 aliphatic rings. The monoisotopic (exact) mass is 640 g/mol. The van der Waals surface area contributed by atoms with Crippen LogP contribution in [0.1, 0.15) is 137 Å². The molecule has 3 unspecified atom stereocenters. The highest BCUT2D eigenvalue weighted by atomic mass is 79.9. The third-order valence-corrected chi connectivity index (χ3v) is 8.60. The second kappa shape index (κ2) is 24.1. The SMILES string of the molecule is CCCCC(CC)COc1cc(COC(=O)CCCBr)cc(OCC(CC)CCCC)c1OCC(CC)CCCC. The van der Waals surface area contributed by atoms with Crippen LogP contribution in [-0.4, -0.2) is 31.1 Å². The van der Waals surface area contributed by atoms with Gasteiger partial charge in [-0.3, -0.25) is 4.79 Å². The van der Waals surface area contributed by atoms with E-state index in [2.05, 4.69) is 57.5 Å². The van der Waals surface area contributed by atoms with E-state index in [9.17, 15) is 4.79 Å². The molecule has 6 heteroatoms. The minimum absolute atomic E-state index is 0.187. The Kier molecular flexibility index (Phi) is 22.1. The molecule has 0 aromatic heterocycles. The molecule has 0 fully saturated rings. The zero-order chi connectivity index (χ0) is 30.3. The van der Waals surface area contributed by atoms with Gasteiger partial charge in [-0.15, -0.1) is 0 Å². The fourth-order valence-corrected chi connectivity index (χ4v) is 5.11. The Balaban J connectivity index is 3.34. The maximum absolute atomic E-state index is 12.3. The maximum atomic E-state index is 12.3. The second-order valence-electron chi connectivity index (χ2n) is 11.6. The summed E-state index contributed by atoms with van der Waals surface area (Å²) in [4.78, 5) is 12.3. The van der Waals surface area contributed by atoms with Gasteiger partial charge in [0.2, 0.25) is 5.75 Å². The van der Waals surface area contributed by atoms with Crippen molar-refractivity contribution in [2.45, 2.75) is 138 Å². The molecule has 0 aliphatic carbocycles. The Morgan fingerprint density at radius 1 is 0.683 bits per heavy atom. The second-order valence-corrected chi connectivity index (χ2v) is 12.3. The van der Waals surface area contributed by atoms with Gasteiger partial charge in [-0.25, -0.2) is 0 Å². The highest BCUT2D eigenvalue weighted by molar-refractivity contribution is 9.09. The summed E-state index contributed by atoms with van der Waals surface area (Å²) in [5.41, 5.74) is 0.871. The highest BCUT2D eigenvalue weighted by Crippen LogP contribution is 2.41. The average Bonchev–Trinajstić information content (AvgIpc) is 2.99. The van der Waals surface area contributed by atoms with Crippen molar-refractivity contribution in [1.82, 2.24) is 0 Å². The maximum Gasteiger partial charge on any atom is 0.306 e. The van der Waals surface area contributed by atoms with Crippen LogP contribution in [0, 0.1) is 17.8 Å². The average molecular weight is 642 g/mol. The van der Waals surface area contributed by atoms with Gasteiger partial charge in [-0.1, -0.05) is 115 Å². The number of benzene rings is 1. The molecule has 41 heavy (non-hydrogen) atoms. The van der Waals surface area contributed by atoms with E-state index in [4.69, 9.17) is 18.9 Å². The number of hydrogen-bond donors (Lipinski definition) is 0. The van der Waals surface area contributed by atoms with E-state index in [1.807, 2.05) is 12.1 Å². The molecule has 0 saturated heterocycles. The quantitative estimate of drug-likeness (QED) is 0.0744.